The Kier molecular flexibility index (Phi) is 12.3. The molecule has 1 rings (SSSR count). The first kappa shape index (κ1) is 19.0. The maximum absolute atomic E-state index is 5.66. The first-order valence-corrected chi connectivity index (χ1v) is 10.0. The summed E-state index contributed by atoms with van der Waals surface area (Å²) in [6.07, 6.45) is 24.0. The van der Waals surface area contributed by atoms with E-state index in [2.05, 4.69) is 13.8 Å². The Hall–Kier alpha value is -0.0400. The van der Waals surface area contributed by atoms with Crippen LogP contribution >= 0.6 is 0 Å². The van der Waals surface area contributed by atoms with Crippen LogP contribution in [0.2, 0.25) is 0 Å². The second-order valence-corrected chi connectivity index (χ2v) is 7.03. The molecule has 0 spiro atoms. The van der Waals surface area contributed by atoms with Gasteiger partial charge < -0.3 is 4.74 Å². The fraction of sp³-hybridized carbons (Fsp3) is 1.00. The Morgan fingerprint density at radius 1 is 0.476 bits per heavy atom. The lowest BCUT2D eigenvalue weighted by Gasteiger charge is -2.02. The van der Waals surface area contributed by atoms with Crippen LogP contribution in [0.4, 0.5) is 0 Å². The fourth-order valence-corrected chi connectivity index (χ4v) is 3.33. The van der Waals surface area contributed by atoms with Crippen molar-refractivity contribution in [3.63, 3.8) is 0 Å². The third-order valence-corrected chi connectivity index (χ3v) is 4.85. The van der Waals surface area contributed by atoms with Gasteiger partial charge >= 0.3 is 0 Å². The summed E-state index contributed by atoms with van der Waals surface area (Å²) in [6.45, 7) is 4.55. The minimum atomic E-state index is 0.632. The van der Waals surface area contributed by atoms with Crippen LogP contribution in [0.5, 0.6) is 0 Å². The smallest absolute Gasteiger partial charge is 0.0841 e. The number of unbranched alkanes of at least 4 members (excludes halogenated alkanes) is 12. The van der Waals surface area contributed by atoms with Crippen LogP contribution in [0, 0.1) is 0 Å². The molecule has 0 N–H and O–H groups in total. The van der Waals surface area contributed by atoms with E-state index in [4.69, 9.17) is 4.74 Å². The highest BCUT2D eigenvalue weighted by Gasteiger charge is 2.36. The number of hydrogen-bond acceptors (Lipinski definition) is 1. The summed E-state index contributed by atoms with van der Waals surface area (Å²) in [4.78, 5) is 0. The lowest BCUT2D eigenvalue weighted by Crippen LogP contribution is -1.93. The molecule has 1 aliphatic heterocycles. The van der Waals surface area contributed by atoms with Gasteiger partial charge in [0.15, 0.2) is 0 Å². The van der Waals surface area contributed by atoms with Gasteiger partial charge in [-0.25, -0.2) is 0 Å². The van der Waals surface area contributed by atoms with Crippen molar-refractivity contribution >= 4 is 0 Å². The van der Waals surface area contributed by atoms with E-state index < -0.39 is 0 Å². The van der Waals surface area contributed by atoms with Crippen molar-refractivity contribution in [2.75, 3.05) is 0 Å². The molecule has 2 unspecified atom stereocenters. The monoisotopic (exact) mass is 296 g/mol. The molecule has 0 bridgehead atoms. The molecule has 0 saturated carbocycles. The molecule has 2 atom stereocenters. The van der Waals surface area contributed by atoms with Gasteiger partial charge in [-0.2, -0.15) is 0 Å². The largest absolute Gasteiger partial charge is 0.370 e. The molecule has 0 aliphatic carbocycles. The van der Waals surface area contributed by atoms with Crippen LogP contribution in [0.15, 0.2) is 0 Å². The standard InChI is InChI=1S/C20H40O/c1-3-5-6-7-8-9-10-11-12-13-14-15-16-18-20-19(21-20)17-4-2/h19-20H,3-18H2,1-2H3. The van der Waals surface area contributed by atoms with Gasteiger partial charge in [-0.3, -0.25) is 0 Å². The zero-order valence-corrected chi connectivity index (χ0v) is 14.9. The van der Waals surface area contributed by atoms with E-state index in [1.165, 1.54) is 103 Å². The predicted molar refractivity (Wildman–Crippen MR) is 93.9 cm³/mol. The quantitative estimate of drug-likeness (QED) is 0.220. The predicted octanol–water partition coefficient (Wildman–Crippen LogP) is 7.04. The SMILES string of the molecule is CCCCCCCCCCCCCCCC1OC1CCC. The van der Waals surface area contributed by atoms with Crippen molar-refractivity contribution in [2.24, 2.45) is 0 Å². The Balaban J connectivity index is 1.66. The van der Waals surface area contributed by atoms with Gasteiger partial charge in [0.25, 0.3) is 0 Å². The van der Waals surface area contributed by atoms with E-state index in [1.807, 2.05) is 0 Å². The maximum atomic E-state index is 5.66. The molecule has 1 heteroatoms. The molecule has 126 valence electrons. The molecule has 21 heavy (non-hydrogen) atoms. The molecule has 1 aliphatic rings. The van der Waals surface area contributed by atoms with E-state index in [0.29, 0.717) is 12.2 Å². The van der Waals surface area contributed by atoms with Gasteiger partial charge in [0.2, 0.25) is 0 Å². The molecular formula is C20H40O. The Labute approximate surface area is 134 Å². The highest BCUT2D eigenvalue weighted by molar-refractivity contribution is 4.83. The average molecular weight is 297 g/mol. The summed E-state index contributed by atoms with van der Waals surface area (Å²) in [5, 5.41) is 0. The summed E-state index contributed by atoms with van der Waals surface area (Å²) < 4.78 is 5.66. The van der Waals surface area contributed by atoms with Crippen LogP contribution in [0.25, 0.3) is 0 Å². The highest BCUT2D eigenvalue weighted by Crippen LogP contribution is 2.30. The normalized spacial score (nSPS) is 20.9. The zero-order valence-electron chi connectivity index (χ0n) is 14.9. The summed E-state index contributed by atoms with van der Waals surface area (Å²) in [7, 11) is 0. The van der Waals surface area contributed by atoms with E-state index in [0.717, 1.165) is 0 Å². The van der Waals surface area contributed by atoms with Crippen LogP contribution in [-0.4, -0.2) is 12.2 Å². The van der Waals surface area contributed by atoms with Gasteiger partial charge in [0, 0.05) is 0 Å². The summed E-state index contributed by atoms with van der Waals surface area (Å²) in [5.74, 6) is 0. The minimum absolute atomic E-state index is 0.632. The van der Waals surface area contributed by atoms with E-state index in [9.17, 15) is 0 Å². The van der Waals surface area contributed by atoms with Crippen molar-refractivity contribution in [2.45, 2.75) is 129 Å². The van der Waals surface area contributed by atoms with Gasteiger partial charge in [0.05, 0.1) is 12.2 Å². The minimum Gasteiger partial charge on any atom is -0.370 e. The summed E-state index contributed by atoms with van der Waals surface area (Å²) in [6, 6.07) is 0. The molecule has 0 aromatic carbocycles. The van der Waals surface area contributed by atoms with Crippen molar-refractivity contribution in [1.29, 1.82) is 0 Å². The first-order valence-electron chi connectivity index (χ1n) is 10.0. The number of epoxide rings is 1. The molecule has 0 aromatic heterocycles. The third-order valence-electron chi connectivity index (χ3n) is 4.85. The van der Waals surface area contributed by atoms with E-state index in [1.54, 1.807) is 0 Å². The summed E-state index contributed by atoms with van der Waals surface area (Å²) >= 11 is 0. The topological polar surface area (TPSA) is 12.5 Å². The van der Waals surface area contributed by atoms with E-state index in [-0.39, 0.29) is 0 Å². The maximum Gasteiger partial charge on any atom is 0.0841 e. The number of rotatable bonds is 16. The summed E-state index contributed by atoms with van der Waals surface area (Å²) in [5.41, 5.74) is 0. The molecular weight excluding hydrogens is 256 g/mol. The zero-order chi connectivity index (χ0) is 15.2. The fourth-order valence-electron chi connectivity index (χ4n) is 3.33. The van der Waals surface area contributed by atoms with Crippen molar-refractivity contribution in [3.8, 4) is 0 Å². The van der Waals surface area contributed by atoms with Crippen LogP contribution < -0.4 is 0 Å². The van der Waals surface area contributed by atoms with Gasteiger partial charge in [-0.1, -0.05) is 104 Å². The molecule has 1 saturated heterocycles. The highest BCUT2D eigenvalue weighted by atomic mass is 16.6. The van der Waals surface area contributed by atoms with Crippen molar-refractivity contribution in [1.82, 2.24) is 0 Å². The first-order chi connectivity index (χ1) is 10.4. The van der Waals surface area contributed by atoms with Gasteiger partial charge in [-0.15, -0.1) is 0 Å². The molecule has 0 aromatic rings. The van der Waals surface area contributed by atoms with Crippen LogP contribution in [-0.2, 0) is 4.74 Å². The lowest BCUT2D eigenvalue weighted by atomic mass is 10.0. The van der Waals surface area contributed by atoms with Crippen molar-refractivity contribution in [3.05, 3.63) is 0 Å². The number of ether oxygens (including phenoxy) is 1. The van der Waals surface area contributed by atoms with Crippen molar-refractivity contribution < 1.29 is 4.74 Å². The van der Waals surface area contributed by atoms with Crippen LogP contribution in [0.1, 0.15) is 117 Å². The second kappa shape index (κ2) is 13.6. The Morgan fingerprint density at radius 2 is 0.905 bits per heavy atom. The Bertz CT molecular complexity index is 214. The third kappa shape index (κ3) is 11.2. The van der Waals surface area contributed by atoms with Gasteiger partial charge in [0.1, 0.15) is 0 Å². The lowest BCUT2D eigenvalue weighted by molar-refractivity contribution is 0.350. The number of hydrogen-bond donors (Lipinski definition) is 0. The second-order valence-electron chi connectivity index (χ2n) is 7.03. The molecule has 0 radical (unpaired) electrons. The Morgan fingerprint density at radius 3 is 1.38 bits per heavy atom. The average Bonchev–Trinajstić information content (AvgIpc) is 3.22. The molecule has 0 amide bonds. The van der Waals surface area contributed by atoms with E-state index >= 15 is 0 Å². The molecule has 1 heterocycles. The molecule has 1 fully saturated rings. The van der Waals surface area contributed by atoms with Crippen LogP contribution in [0.3, 0.4) is 0 Å². The van der Waals surface area contributed by atoms with Gasteiger partial charge in [-0.05, 0) is 12.8 Å². The molecule has 1 nitrogen and oxygen atoms in total.